The van der Waals surface area contributed by atoms with Crippen LogP contribution in [0.5, 0.6) is 0 Å². The van der Waals surface area contributed by atoms with Gasteiger partial charge in [-0.1, -0.05) is 36.4 Å². The molecule has 146 valence electrons. The average molecular weight is 385 g/mol. The van der Waals surface area contributed by atoms with E-state index >= 15 is 0 Å². The van der Waals surface area contributed by atoms with Crippen molar-refractivity contribution < 1.29 is 9.59 Å². The van der Waals surface area contributed by atoms with Crippen LogP contribution in [0.25, 0.3) is 10.9 Å². The fourth-order valence-corrected chi connectivity index (χ4v) is 4.65. The molecule has 0 saturated heterocycles. The van der Waals surface area contributed by atoms with Crippen molar-refractivity contribution in [1.82, 2.24) is 9.47 Å². The summed E-state index contributed by atoms with van der Waals surface area (Å²) in [5, 5.41) is 4.65. The molecule has 1 N–H and O–H groups in total. The Balaban J connectivity index is 1.83. The zero-order valence-electron chi connectivity index (χ0n) is 16.8. The van der Waals surface area contributed by atoms with Crippen molar-refractivity contribution in [2.24, 2.45) is 0 Å². The van der Waals surface area contributed by atoms with Crippen molar-refractivity contribution in [2.75, 3.05) is 11.9 Å². The Hall–Kier alpha value is -3.34. The summed E-state index contributed by atoms with van der Waals surface area (Å²) in [5.41, 5.74) is 5.79. The Bertz CT molecular complexity index is 1190. The Morgan fingerprint density at radius 2 is 1.86 bits per heavy atom. The molecule has 1 aromatic heterocycles. The van der Waals surface area contributed by atoms with Gasteiger partial charge >= 0.3 is 0 Å². The Morgan fingerprint density at radius 3 is 2.55 bits per heavy atom. The normalized spacial score (nSPS) is 18.3. The van der Waals surface area contributed by atoms with Crippen LogP contribution in [0.1, 0.15) is 43.9 Å². The SMILES string of the molecule is CC(=O)N1CC2=C(C1=O)C(c1ccccc1)c1cn(C(C)C)c3cccc(c13)N2. The van der Waals surface area contributed by atoms with Gasteiger partial charge in [0.25, 0.3) is 5.91 Å². The van der Waals surface area contributed by atoms with Gasteiger partial charge in [0.1, 0.15) is 0 Å². The lowest BCUT2D eigenvalue weighted by atomic mass is 9.84. The number of carbonyl (C=O) groups is 2. The van der Waals surface area contributed by atoms with E-state index in [2.05, 4.69) is 54.2 Å². The number of nitrogens with one attached hydrogen (secondary N) is 1. The van der Waals surface area contributed by atoms with Crippen LogP contribution in [0.4, 0.5) is 5.69 Å². The van der Waals surface area contributed by atoms with E-state index in [0.29, 0.717) is 11.6 Å². The van der Waals surface area contributed by atoms with Gasteiger partial charge in [-0.05, 0) is 37.1 Å². The number of nitrogens with zero attached hydrogens (tertiary/aromatic N) is 2. The predicted molar refractivity (Wildman–Crippen MR) is 114 cm³/mol. The number of amides is 2. The van der Waals surface area contributed by atoms with Crippen LogP contribution in [0.15, 0.2) is 66.0 Å². The summed E-state index contributed by atoms with van der Waals surface area (Å²) in [7, 11) is 0. The number of hydrogen-bond donors (Lipinski definition) is 1. The third-order valence-electron chi connectivity index (χ3n) is 5.96. The number of rotatable bonds is 2. The first-order valence-corrected chi connectivity index (χ1v) is 9.98. The van der Waals surface area contributed by atoms with Gasteiger partial charge < -0.3 is 9.88 Å². The van der Waals surface area contributed by atoms with Crippen LogP contribution in [-0.2, 0) is 9.59 Å². The van der Waals surface area contributed by atoms with E-state index in [1.807, 2.05) is 24.3 Å². The van der Waals surface area contributed by atoms with Crippen LogP contribution < -0.4 is 5.32 Å². The molecular weight excluding hydrogens is 362 g/mol. The number of anilines is 1. The Morgan fingerprint density at radius 1 is 1.10 bits per heavy atom. The first kappa shape index (κ1) is 17.7. The maximum Gasteiger partial charge on any atom is 0.259 e. The van der Waals surface area contributed by atoms with Crippen molar-refractivity contribution >= 4 is 28.4 Å². The molecule has 5 nitrogen and oxygen atoms in total. The smallest absolute Gasteiger partial charge is 0.259 e. The lowest BCUT2D eigenvalue weighted by Crippen LogP contribution is -2.33. The van der Waals surface area contributed by atoms with Crippen molar-refractivity contribution in [3.05, 3.63) is 77.1 Å². The van der Waals surface area contributed by atoms with E-state index in [-0.39, 0.29) is 24.3 Å². The summed E-state index contributed by atoms with van der Waals surface area (Å²) >= 11 is 0. The van der Waals surface area contributed by atoms with Crippen molar-refractivity contribution in [3.8, 4) is 0 Å². The molecule has 2 aliphatic heterocycles. The summed E-state index contributed by atoms with van der Waals surface area (Å²) in [6.45, 7) is 6.06. The molecule has 1 atom stereocenters. The Labute approximate surface area is 169 Å². The molecule has 1 unspecified atom stereocenters. The second-order valence-electron chi connectivity index (χ2n) is 8.06. The van der Waals surface area contributed by atoms with Gasteiger partial charge in [-0.25, -0.2) is 0 Å². The molecule has 0 bridgehead atoms. The number of imide groups is 1. The molecule has 3 aromatic rings. The second-order valence-corrected chi connectivity index (χ2v) is 8.06. The quantitative estimate of drug-likeness (QED) is 0.710. The minimum Gasteiger partial charge on any atom is -0.356 e. The van der Waals surface area contributed by atoms with Gasteiger partial charge in [-0.15, -0.1) is 0 Å². The lowest BCUT2D eigenvalue weighted by Gasteiger charge is -2.19. The zero-order chi connectivity index (χ0) is 20.3. The van der Waals surface area contributed by atoms with Gasteiger partial charge in [0, 0.05) is 41.9 Å². The van der Waals surface area contributed by atoms with Crippen molar-refractivity contribution in [1.29, 1.82) is 0 Å². The molecule has 2 aliphatic rings. The molecule has 2 amide bonds. The molecule has 3 heterocycles. The largest absolute Gasteiger partial charge is 0.356 e. The van der Waals surface area contributed by atoms with E-state index < -0.39 is 0 Å². The van der Waals surface area contributed by atoms with Crippen LogP contribution in [0.3, 0.4) is 0 Å². The zero-order valence-corrected chi connectivity index (χ0v) is 16.8. The molecule has 0 saturated carbocycles. The summed E-state index contributed by atoms with van der Waals surface area (Å²) in [6, 6.07) is 16.6. The van der Waals surface area contributed by atoms with E-state index in [9.17, 15) is 9.59 Å². The topological polar surface area (TPSA) is 54.3 Å². The van der Waals surface area contributed by atoms with E-state index in [0.717, 1.165) is 33.4 Å². The number of aromatic nitrogens is 1. The van der Waals surface area contributed by atoms with Gasteiger partial charge in [-0.3, -0.25) is 14.5 Å². The third-order valence-corrected chi connectivity index (χ3v) is 5.96. The number of hydrogen-bond acceptors (Lipinski definition) is 3. The van der Waals surface area contributed by atoms with Gasteiger partial charge in [-0.2, -0.15) is 0 Å². The molecule has 0 fully saturated rings. The monoisotopic (exact) mass is 385 g/mol. The summed E-state index contributed by atoms with van der Waals surface area (Å²) < 4.78 is 2.26. The lowest BCUT2D eigenvalue weighted by molar-refractivity contribution is -0.139. The second kappa shape index (κ2) is 6.34. The van der Waals surface area contributed by atoms with Gasteiger partial charge in [0.2, 0.25) is 5.91 Å². The first-order chi connectivity index (χ1) is 14.0. The average Bonchev–Trinajstić information content (AvgIpc) is 3.19. The molecular formula is C24H23N3O2. The molecule has 5 rings (SSSR count). The van der Waals surface area contributed by atoms with Crippen molar-refractivity contribution in [2.45, 2.75) is 32.7 Å². The molecule has 0 radical (unpaired) electrons. The fraction of sp³-hybridized carbons (Fsp3) is 0.250. The van der Waals surface area contributed by atoms with E-state index in [1.165, 1.54) is 11.8 Å². The molecule has 0 spiro atoms. The standard InChI is InChI=1S/C24H23N3O2/c1-14(2)26-12-17-21(16-8-5-4-6-9-16)23-19(13-27(15(3)28)24(23)29)25-18-10-7-11-20(26)22(17)18/h4-12,14,21,25H,13H2,1-3H3. The van der Waals surface area contributed by atoms with E-state index in [4.69, 9.17) is 0 Å². The summed E-state index contributed by atoms with van der Waals surface area (Å²) in [4.78, 5) is 26.8. The van der Waals surface area contributed by atoms with Crippen molar-refractivity contribution in [3.63, 3.8) is 0 Å². The van der Waals surface area contributed by atoms with Crippen LogP contribution >= 0.6 is 0 Å². The molecule has 5 heteroatoms. The number of benzene rings is 2. The van der Waals surface area contributed by atoms with E-state index in [1.54, 1.807) is 0 Å². The van der Waals surface area contributed by atoms with Gasteiger partial charge in [0.15, 0.2) is 0 Å². The first-order valence-electron chi connectivity index (χ1n) is 9.98. The number of carbonyl (C=O) groups excluding carboxylic acids is 2. The third kappa shape index (κ3) is 2.54. The predicted octanol–water partition coefficient (Wildman–Crippen LogP) is 4.42. The minimum absolute atomic E-state index is 0.202. The highest BCUT2D eigenvalue weighted by Crippen LogP contribution is 2.46. The highest BCUT2D eigenvalue weighted by Gasteiger charge is 2.41. The highest BCUT2D eigenvalue weighted by molar-refractivity contribution is 6.11. The summed E-state index contributed by atoms with van der Waals surface area (Å²) in [6.07, 6.45) is 2.18. The fourth-order valence-electron chi connectivity index (χ4n) is 4.65. The van der Waals surface area contributed by atoms with Crippen LogP contribution in [-0.4, -0.2) is 27.8 Å². The molecule has 29 heavy (non-hydrogen) atoms. The van der Waals surface area contributed by atoms with Gasteiger partial charge in [0.05, 0.1) is 17.6 Å². The minimum atomic E-state index is -0.227. The highest BCUT2D eigenvalue weighted by atomic mass is 16.2. The summed E-state index contributed by atoms with van der Waals surface area (Å²) in [5.74, 6) is -0.649. The van der Waals surface area contributed by atoms with Crippen LogP contribution in [0.2, 0.25) is 0 Å². The maximum absolute atomic E-state index is 13.3. The molecule has 2 aromatic carbocycles. The maximum atomic E-state index is 13.3. The molecule has 0 aliphatic carbocycles. The Kier molecular flexibility index (Phi) is 3.88. The van der Waals surface area contributed by atoms with Crippen LogP contribution in [0, 0.1) is 0 Å².